The van der Waals surface area contributed by atoms with Crippen molar-refractivity contribution >= 4 is 11.6 Å². The molecule has 0 fully saturated rings. The van der Waals surface area contributed by atoms with Gasteiger partial charge in [0.1, 0.15) is 5.75 Å². The molecule has 18 heavy (non-hydrogen) atoms. The first-order valence-electron chi connectivity index (χ1n) is 6.53. The monoisotopic (exact) mass is 269 g/mol. The normalized spacial score (nSPS) is 12.9. The molecule has 0 spiro atoms. The summed E-state index contributed by atoms with van der Waals surface area (Å²) in [5.41, 5.74) is 9.52. The third-order valence-corrected chi connectivity index (χ3v) is 3.64. The second kappa shape index (κ2) is 6.44. The van der Waals surface area contributed by atoms with E-state index in [0.717, 1.165) is 29.2 Å². The number of hydrogen-bond donors (Lipinski definition) is 1. The van der Waals surface area contributed by atoms with E-state index in [4.69, 9.17) is 22.1 Å². The summed E-state index contributed by atoms with van der Waals surface area (Å²) >= 11 is 6.39. The van der Waals surface area contributed by atoms with Crippen molar-refractivity contribution in [2.45, 2.75) is 52.5 Å². The van der Waals surface area contributed by atoms with Crippen LogP contribution in [0.2, 0.25) is 5.02 Å². The molecule has 0 aliphatic heterocycles. The molecule has 0 saturated carbocycles. The molecule has 0 aliphatic rings. The lowest BCUT2D eigenvalue weighted by molar-refractivity contribution is 0.403. The van der Waals surface area contributed by atoms with Gasteiger partial charge in [0.2, 0.25) is 0 Å². The number of aryl methyl sites for hydroxylation is 1. The highest BCUT2D eigenvalue weighted by Crippen LogP contribution is 2.37. The molecule has 1 aromatic rings. The van der Waals surface area contributed by atoms with E-state index in [1.165, 1.54) is 11.1 Å². The second-order valence-electron chi connectivity index (χ2n) is 5.13. The lowest BCUT2D eigenvalue weighted by Gasteiger charge is -2.22. The molecule has 1 atom stereocenters. The minimum Gasteiger partial charge on any atom is -0.496 e. The first kappa shape index (κ1) is 15.3. The zero-order valence-corrected chi connectivity index (χ0v) is 12.8. The maximum absolute atomic E-state index is 6.39. The van der Waals surface area contributed by atoms with Gasteiger partial charge in [-0.1, -0.05) is 32.4 Å². The number of methoxy groups -OCH3 is 1. The topological polar surface area (TPSA) is 35.2 Å². The van der Waals surface area contributed by atoms with Crippen LogP contribution in [0, 0.1) is 6.92 Å². The molecule has 2 nitrogen and oxygen atoms in total. The second-order valence-corrected chi connectivity index (χ2v) is 5.54. The number of ether oxygens (including phenoxy) is 1. The molecule has 0 aromatic heterocycles. The molecule has 0 amide bonds. The van der Waals surface area contributed by atoms with Crippen molar-refractivity contribution in [3.8, 4) is 5.75 Å². The molecule has 2 N–H and O–H groups in total. The van der Waals surface area contributed by atoms with E-state index >= 15 is 0 Å². The summed E-state index contributed by atoms with van der Waals surface area (Å²) in [7, 11) is 1.71. The zero-order valence-electron chi connectivity index (χ0n) is 12.0. The van der Waals surface area contributed by atoms with E-state index < -0.39 is 0 Å². The maximum atomic E-state index is 6.39. The lowest BCUT2D eigenvalue weighted by Crippen LogP contribution is -2.23. The predicted molar refractivity (Wildman–Crippen MR) is 78.8 cm³/mol. The number of halogens is 1. The third-order valence-electron chi connectivity index (χ3n) is 3.33. The Balaban J connectivity index is 3.39. The minimum absolute atomic E-state index is 0.147. The van der Waals surface area contributed by atoms with Crippen molar-refractivity contribution in [3.63, 3.8) is 0 Å². The van der Waals surface area contributed by atoms with E-state index in [0.29, 0.717) is 5.92 Å². The van der Waals surface area contributed by atoms with Gasteiger partial charge in [-0.05, 0) is 42.9 Å². The summed E-state index contributed by atoms with van der Waals surface area (Å²) in [6.07, 6.45) is 1.76. The Morgan fingerprint density at radius 3 is 2.44 bits per heavy atom. The fraction of sp³-hybridized carbons (Fsp3) is 0.600. The summed E-state index contributed by atoms with van der Waals surface area (Å²) in [5, 5.41) is 0.821. The average molecular weight is 270 g/mol. The van der Waals surface area contributed by atoms with Gasteiger partial charge in [-0.15, -0.1) is 0 Å². The van der Waals surface area contributed by atoms with Crippen LogP contribution in [0.25, 0.3) is 0 Å². The molecule has 1 aromatic carbocycles. The van der Waals surface area contributed by atoms with E-state index in [2.05, 4.69) is 20.8 Å². The van der Waals surface area contributed by atoms with Gasteiger partial charge in [-0.2, -0.15) is 0 Å². The van der Waals surface area contributed by atoms with Gasteiger partial charge in [0, 0.05) is 16.6 Å². The van der Waals surface area contributed by atoms with Crippen molar-refractivity contribution in [1.29, 1.82) is 0 Å². The standard InChI is InChI=1S/C15H24ClNO/c1-6-11(17)8-12-14(9(2)3)13(16)7-10(4)15(12)18-5/h7,9,11H,6,8,17H2,1-5H3. The van der Waals surface area contributed by atoms with Crippen molar-refractivity contribution in [2.75, 3.05) is 7.11 Å². The van der Waals surface area contributed by atoms with Gasteiger partial charge in [0.25, 0.3) is 0 Å². The largest absolute Gasteiger partial charge is 0.496 e. The molecule has 0 aliphatic carbocycles. The first-order valence-corrected chi connectivity index (χ1v) is 6.91. The van der Waals surface area contributed by atoms with Crippen LogP contribution in [-0.4, -0.2) is 13.2 Å². The Morgan fingerprint density at radius 1 is 1.39 bits per heavy atom. The minimum atomic E-state index is 0.147. The van der Waals surface area contributed by atoms with Gasteiger partial charge in [-0.25, -0.2) is 0 Å². The zero-order chi connectivity index (χ0) is 13.9. The van der Waals surface area contributed by atoms with Crippen molar-refractivity contribution in [3.05, 3.63) is 27.8 Å². The molecular weight excluding hydrogens is 246 g/mol. The Labute approximate surface area is 115 Å². The highest BCUT2D eigenvalue weighted by Gasteiger charge is 2.19. The smallest absolute Gasteiger partial charge is 0.125 e. The number of rotatable bonds is 5. The van der Waals surface area contributed by atoms with Crippen LogP contribution < -0.4 is 10.5 Å². The molecule has 1 rings (SSSR count). The van der Waals surface area contributed by atoms with Crippen LogP contribution in [0.1, 0.15) is 49.8 Å². The Bertz CT molecular complexity index is 415. The van der Waals surface area contributed by atoms with Crippen LogP contribution in [0.3, 0.4) is 0 Å². The van der Waals surface area contributed by atoms with E-state index in [-0.39, 0.29) is 6.04 Å². The molecule has 1 unspecified atom stereocenters. The quantitative estimate of drug-likeness (QED) is 0.875. The summed E-state index contributed by atoms with van der Waals surface area (Å²) in [5.74, 6) is 1.30. The Hall–Kier alpha value is -0.730. The number of hydrogen-bond acceptors (Lipinski definition) is 2. The molecule has 0 heterocycles. The lowest BCUT2D eigenvalue weighted by atomic mass is 9.90. The van der Waals surface area contributed by atoms with Gasteiger partial charge in [0.05, 0.1) is 7.11 Å². The first-order chi connectivity index (χ1) is 8.42. The van der Waals surface area contributed by atoms with Crippen LogP contribution in [0.4, 0.5) is 0 Å². The van der Waals surface area contributed by atoms with Crippen molar-refractivity contribution in [1.82, 2.24) is 0 Å². The van der Waals surface area contributed by atoms with Gasteiger partial charge >= 0.3 is 0 Å². The van der Waals surface area contributed by atoms with Crippen LogP contribution in [0.5, 0.6) is 5.75 Å². The summed E-state index contributed by atoms with van der Waals surface area (Å²) in [4.78, 5) is 0. The van der Waals surface area contributed by atoms with Crippen molar-refractivity contribution in [2.24, 2.45) is 5.73 Å². The van der Waals surface area contributed by atoms with Crippen LogP contribution in [0.15, 0.2) is 6.07 Å². The Kier molecular flexibility index (Phi) is 5.48. The fourth-order valence-corrected chi connectivity index (χ4v) is 2.85. The summed E-state index contributed by atoms with van der Waals surface area (Å²) in [6.45, 7) is 8.42. The van der Waals surface area contributed by atoms with Gasteiger partial charge < -0.3 is 10.5 Å². The third kappa shape index (κ3) is 3.18. The highest BCUT2D eigenvalue weighted by molar-refractivity contribution is 6.31. The molecular formula is C15H24ClNO. The van der Waals surface area contributed by atoms with Crippen LogP contribution >= 0.6 is 11.6 Å². The number of nitrogens with two attached hydrogens (primary N) is 1. The fourth-order valence-electron chi connectivity index (χ4n) is 2.36. The van der Waals surface area contributed by atoms with Gasteiger partial charge in [0.15, 0.2) is 0 Å². The van der Waals surface area contributed by atoms with Crippen LogP contribution in [-0.2, 0) is 6.42 Å². The van der Waals surface area contributed by atoms with E-state index in [1.54, 1.807) is 7.11 Å². The van der Waals surface area contributed by atoms with E-state index in [9.17, 15) is 0 Å². The molecule has 0 radical (unpaired) electrons. The van der Waals surface area contributed by atoms with E-state index in [1.807, 2.05) is 13.0 Å². The SMILES string of the molecule is CCC(N)Cc1c(OC)c(C)cc(Cl)c1C(C)C. The summed E-state index contributed by atoms with van der Waals surface area (Å²) in [6, 6.07) is 2.13. The molecule has 3 heteroatoms. The van der Waals surface area contributed by atoms with Gasteiger partial charge in [-0.3, -0.25) is 0 Å². The van der Waals surface area contributed by atoms with Crippen molar-refractivity contribution < 1.29 is 4.74 Å². The highest BCUT2D eigenvalue weighted by atomic mass is 35.5. The summed E-state index contributed by atoms with van der Waals surface area (Å²) < 4.78 is 5.55. The Morgan fingerprint density at radius 2 is 2.00 bits per heavy atom. The maximum Gasteiger partial charge on any atom is 0.125 e. The molecule has 0 saturated heterocycles. The average Bonchev–Trinajstić information content (AvgIpc) is 2.28. The predicted octanol–water partition coefficient (Wildman–Crippen LogP) is 4.06. The molecule has 102 valence electrons. The number of benzene rings is 1. The molecule has 0 bridgehead atoms.